The molecule has 3 heterocycles. The molecule has 1 aromatic heterocycles. The van der Waals surface area contributed by atoms with Crippen molar-refractivity contribution in [2.75, 3.05) is 13.7 Å². The van der Waals surface area contributed by atoms with Crippen LogP contribution in [0.3, 0.4) is 0 Å². The van der Waals surface area contributed by atoms with Crippen molar-refractivity contribution < 1.29 is 17.9 Å². The molecule has 34 heavy (non-hydrogen) atoms. The molecule has 3 unspecified atom stereocenters. The number of aromatic nitrogens is 2. The van der Waals surface area contributed by atoms with Crippen molar-refractivity contribution in [3.63, 3.8) is 0 Å². The Morgan fingerprint density at radius 2 is 1.82 bits per heavy atom. The number of aliphatic imine (C=N–C) groups is 1. The van der Waals surface area contributed by atoms with Crippen molar-refractivity contribution in [2.45, 2.75) is 30.7 Å². The van der Waals surface area contributed by atoms with Crippen LogP contribution in [0.2, 0.25) is 0 Å². The quantitative estimate of drug-likeness (QED) is 0.612. The van der Waals surface area contributed by atoms with E-state index in [1.165, 1.54) is 36.0 Å². The fourth-order valence-electron chi connectivity index (χ4n) is 4.69. The first-order chi connectivity index (χ1) is 16.3. The summed E-state index contributed by atoms with van der Waals surface area (Å²) in [6, 6.07) is 10.1. The molecule has 0 amide bonds. The van der Waals surface area contributed by atoms with Crippen LogP contribution in [0.1, 0.15) is 16.7 Å². The van der Waals surface area contributed by atoms with Crippen LogP contribution in [0.15, 0.2) is 60.1 Å². The Labute approximate surface area is 194 Å². The van der Waals surface area contributed by atoms with Gasteiger partial charge < -0.3 is 15.4 Å². The lowest BCUT2D eigenvalue weighted by molar-refractivity contribution is -0.0960. The van der Waals surface area contributed by atoms with Gasteiger partial charge in [-0.05, 0) is 47.9 Å². The van der Waals surface area contributed by atoms with Crippen molar-refractivity contribution in [3.05, 3.63) is 77.6 Å². The van der Waals surface area contributed by atoms with Gasteiger partial charge in [0.1, 0.15) is 35.8 Å². The minimum absolute atomic E-state index is 0.279. The molecule has 10 heteroatoms. The molecule has 176 valence electrons. The van der Waals surface area contributed by atoms with E-state index in [4.69, 9.17) is 15.5 Å². The molecule has 3 aromatic rings. The number of hydrogen-bond donors (Lipinski definition) is 2. The van der Waals surface area contributed by atoms with Gasteiger partial charge in [-0.15, -0.1) is 0 Å². The molecule has 2 aliphatic rings. The predicted molar refractivity (Wildman–Crippen MR) is 121 cm³/mol. The summed E-state index contributed by atoms with van der Waals surface area (Å²) in [6.07, 6.45) is 3.50. The number of nitrogens with one attached hydrogen (secondary N) is 1. The molecule has 2 aromatic carbocycles. The summed E-state index contributed by atoms with van der Waals surface area (Å²) >= 11 is 0. The number of methoxy groups -OCH3 is 1. The standard InChI is InChI=1S/C24H23F3N6O/c1-14-7-16(4-6-20(14)34-2)24(22-32-21(28)23(26,27)11-33(22)13-31-24)17-3-5-19(25)18(8-17)15-9-29-12-30-10-15/h3-10,12-13,21-22,32H,11,28H2,1-2H3. The molecule has 2 aliphatic heterocycles. The van der Waals surface area contributed by atoms with Gasteiger partial charge in [-0.3, -0.25) is 10.3 Å². The first kappa shape index (κ1) is 22.3. The van der Waals surface area contributed by atoms with Gasteiger partial charge in [0.25, 0.3) is 5.92 Å². The molecular weight excluding hydrogens is 445 g/mol. The van der Waals surface area contributed by atoms with Crippen LogP contribution in [-0.4, -0.2) is 53.1 Å². The van der Waals surface area contributed by atoms with E-state index >= 15 is 0 Å². The summed E-state index contributed by atoms with van der Waals surface area (Å²) in [6.45, 7) is 1.30. The van der Waals surface area contributed by atoms with E-state index in [0.717, 1.165) is 11.1 Å². The topological polar surface area (TPSA) is 88.7 Å². The molecule has 5 rings (SSSR count). The van der Waals surface area contributed by atoms with E-state index in [-0.39, 0.29) is 5.56 Å². The summed E-state index contributed by atoms with van der Waals surface area (Å²) in [5.41, 5.74) is 7.59. The Morgan fingerprint density at radius 3 is 2.53 bits per heavy atom. The number of halogens is 3. The molecule has 3 atom stereocenters. The molecule has 0 spiro atoms. The van der Waals surface area contributed by atoms with Gasteiger partial charge in [0.2, 0.25) is 0 Å². The third-order valence-corrected chi connectivity index (χ3v) is 6.44. The van der Waals surface area contributed by atoms with Crippen molar-refractivity contribution >= 4 is 6.34 Å². The van der Waals surface area contributed by atoms with Crippen LogP contribution in [0.5, 0.6) is 5.75 Å². The minimum atomic E-state index is -3.15. The predicted octanol–water partition coefficient (Wildman–Crippen LogP) is 3.04. The van der Waals surface area contributed by atoms with E-state index in [1.807, 2.05) is 19.1 Å². The Morgan fingerprint density at radius 1 is 1.12 bits per heavy atom. The van der Waals surface area contributed by atoms with Crippen LogP contribution >= 0.6 is 0 Å². The molecule has 3 N–H and O–H groups in total. The van der Waals surface area contributed by atoms with Gasteiger partial charge >= 0.3 is 0 Å². The maximum absolute atomic E-state index is 14.9. The lowest BCUT2D eigenvalue weighted by Gasteiger charge is -2.46. The van der Waals surface area contributed by atoms with E-state index in [2.05, 4.69) is 15.3 Å². The Kier molecular flexibility index (Phi) is 5.29. The van der Waals surface area contributed by atoms with E-state index < -0.39 is 36.2 Å². The fourth-order valence-corrected chi connectivity index (χ4v) is 4.69. The second-order valence-electron chi connectivity index (χ2n) is 8.50. The third-order valence-electron chi connectivity index (χ3n) is 6.44. The number of hydrogen-bond acceptors (Lipinski definition) is 7. The van der Waals surface area contributed by atoms with Crippen molar-refractivity contribution in [3.8, 4) is 16.9 Å². The fraction of sp³-hybridized carbons (Fsp3) is 0.292. The highest BCUT2D eigenvalue weighted by atomic mass is 19.3. The van der Waals surface area contributed by atoms with Gasteiger partial charge in [-0.2, -0.15) is 0 Å². The zero-order valence-electron chi connectivity index (χ0n) is 18.5. The molecule has 0 radical (unpaired) electrons. The van der Waals surface area contributed by atoms with E-state index in [9.17, 15) is 13.2 Å². The van der Waals surface area contributed by atoms with E-state index in [1.54, 1.807) is 25.3 Å². The summed E-state index contributed by atoms with van der Waals surface area (Å²) in [5, 5.41) is 2.86. The van der Waals surface area contributed by atoms with Crippen LogP contribution in [-0.2, 0) is 5.54 Å². The molecule has 1 fully saturated rings. The maximum atomic E-state index is 14.9. The molecule has 0 bridgehead atoms. The first-order valence-corrected chi connectivity index (χ1v) is 10.7. The molecule has 7 nitrogen and oxygen atoms in total. The highest BCUT2D eigenvalue weighted by Gasteiger charge is 2.56. The van der Waals surface area contributed by atoms with Gasteiger partial charge in [0, 0.05) is 23.5 Å². The van der Waals surface area contributed by atoms with Gasteiger partial charge in [0.05, 0.1) is 20.0 Å². The lowest BCUT2D eigenvalue weighted by atomic mass is 9.78. The summed E-state index contributed by atoms with van der Waals surface area (Å²) in [7, 11) is 1.57. The second-order valence-corrected chi connectivity index (χ2v) is 8.50. The second kappa shape index (κ2) is 8.07. The van der Waals surface area contributed by atoms with Crippen molar-refractivity contribution in [2.24, 2.45) is 10.7 Å². The number of alkyl halides is 2. The number of fused-ring (bicyclic) bond motifs is 1. The van der Waals surface area contributed by atoms with Crippen LogP contribution in [0.25, 0.3) is 11.1 Å². The van der Waals surface area contributed by atoms with Crippen LogP contribution in [0.4, 0.5) is 13.2 Å². The zero-order chi connectivity index (χ0) is 24.1. The monoisotopic (exact) mass is 468 g/mol. The van der Waals surface area contributed by atoms with Crippen molar-refractivity contribution in [1.29, 1.82) is 0 Å². The van der Waals surface area contributed by atoms with Crippen molar-refractivity contribution in [1.82, 2.24) is 20.2 Å². The lowest BCUT2D eigenvalue weighted by Crippen LogP contribution is -2.71. The number of rotatable bonds is 4. The summed E-state index contributed by atoms with van der Waals surface area (Å²) < 4.78 is 49.1. The maximum Gasteiger partial charge on any atom is 0.292 e. The molecule has 1 saturated heterocycles. The van der Waals surface area contributed by atoms with Gasteiger partial charge in [-0.25, -0.2) is 23.1 Å². The van der Waals surface area contributed by atoms with Crippen LogP contribution in [0, 0.1) is 12.7 Å². The SMILES string of the molecule is COc1ccc(C2(c3ccc(F)c(-c4cncnc4)c3)N=CN3CC(F)(F)C(N)NC32)cc1C. The number of ether oxygens (including phenoxy) is 1. The highest BCUT2D eigenvalue weighted by Crippen LogP contribution is 2.46. The van der Waals surface area contributed by atoms with Gasteiger partial charge in [0.15, 0.2) is 0 Å². The third kappa shape index (κ3) is 3.41. The summed E-state index contributed by atoms with van der Waals surface area (Å²) in [5.74, 6) is -2.93. The van der Waals surface area contributed by atoms with Gasteiger partial charge in [-0.1, -0.05) is 12.1 Å². The van der Waals surface area contributed by atoms with Crippen LogP contribution < -0.4 is 15.8 Å². The first-order valence-electron chi connectivity index (χ1n) is 10.7. The molecule has 0 aliphatic carbocycles. The average molecular weight is 468 g/mol. The number of nitrogens with zero attached hydrogens (tertiary/aromatic N) is 4. The number of benzene rings is 2. The molecule has 0 saturated carbocycles. The minimum Gasteiger partial charge on any atom is -0.496 e. The Bertz CT molecular complexity index is 1250. The normalized spacial score (nSPS) is 25.3. The Hall–Kier alpha value is -3.50. The highest BCUT2D eigenvalue weighted by molar-refractivity contribution is 5.68. The Balaban J connectivity index is 1.71. The number of aryl methyl sites for hydroxylation is 1. The smallest absolute Gasteiger partial charge is 0.292 e. The average Bonchev–Trinajstić information content (AvgIpc) is 3.18. The summed E-state index contributed by atoms with van der Waals surface area (Å²) in [4.78, 5) is 14.2. The molecular formula is C24H23F3N6O. The van der Waals surface area contributed by atoms with E-state index in [0.29, 0.717) is 16.9 Å². The largest absolute Gasteiger partial charge is 0.496 e. The number of nitrogens with two attached hydrogens (primary N) is 1. The zero-order valence-corrected chi connectivity index (χ0v) is 18.5.